The summed E-state index contributed by atoms with van der Waals surface area (Å²) in [7, 11) is -0.763. The largest absolute Gasteiger partial charge is 0.405 e. The first-order chi connectivity index (χ1) is 15.0. The van der Waals surface area contributed by atoms with Crippen molar-refractivity contribution in [3.8, 4) is 0 Å². The van der Waals surface area contributed by atoms with E-state index in [4.69, 9.17) is 18.6 Å². The van der Waals surface area contributed by atoms with Crippen LogP contribution in [0.4, 0.5) is 6.01 Å². The summed E-state index contributed by atoms with van der Waals surface area (Å²) < 4.78 is 48.0. The lowest BCUT2D eigenvalue weighted by Gasteiger charge is -2.21. The van der Waals surface area contributed by atoms with Gasteiger partial charge in [0, 0.05) is 39.5 Å². The molecule has 170 valence electrons. The maximum absolute atomic E-state index is 12.9. The van der Waals surface area contributed by atoms with Gasteiger partial charge >= 0.3 is 6.01 Å². The van der Waals surface area contributed by atoms with Crippen molar-refractivity contribution in [2.75, 3.05) is 52.4 Å². The van der Waals surface area contributed by atoms with Crippen LogP contribution in [0.3, 0.4) is 0 Å². The summed E-state index contributed by atoms with van der Waals surface area (Å²) in [6.45, 7) is 1.52. The van der Waals surface area contributed by atoms with Gasteiger partial charge in [0.25, 0.3) is 5.91 Å². The number of sulfonamides is 1. The molecule has 1 fully saturated rings. The zero-order valence-corrected chi connectivity index (χ0v) is 18.3. The van der Waals surface area contributed by atoms with E-state index in [9.17, 15) is 13.2 Å². The molecular formula is C19H26N4O7S. The Kier molecular flexibility index (Phi) is 8.09. The Morgan fingerprint density at radius 2 is 1.84 bits per heavy atom. The molecule has 0 radical (unpaired) electrons. The van der Waals surface area contributed by atoms with Crippen LogP contribution < -0.4 is 5.32 Å². The van der Waals surface area contributed by atoms with E-state index in [2.05, 4.69) is 15.5 Å². The molecule has 1 atom stereocenters. The van der Waals surface area contributed by atoms with E-state index in [1.807, 2.05) is 0 Å². The fourth-order valence-electron chi connectivity index (χ4n) is 3.02. The summed E-state index contributed by atoms with van der Waals surface area (Å²) in [6, 6.07) is 5.55. The number of nitrogens with zero attached hydrogens (tertiary/aromatic N) is 3. The summed E-state index contributed by atoms with van der Waals surface area (Å²) >= 11 is 0. The van der Waals surface area contributed by atoms with E-state index >= 15 is 0 Å². The Bertz CT molecular complexity index is 948. The van der Waals surface area contributed by atoms with Gasteiger partial charge in [-0.15, -0.1) is 5.10 Å². The van der Waals surface area contributed by atoms with Crippen LogP contribution in [0.5, 0.6) is 0 Å². The van der Waals surface area contributed by atoms with Crippen LogP contribution >= 0.6 is 0 Å². The van der Waals surface area contributed by atoms with Crippen molar-refractivity contribution in [3.63, 3.8) is 0 Å². The van der Waals surface area contributed by atoms with E-state index in [1.165, 1.54) is 42.8 Å². The van der Waals surface area contributed by atoms with E-state index in [-0.39, 0.29) is 48.9 Å². The Morgan fingerprint density at radius 1 is 1.16 bits per heavy atom. The molecule has 0 saturated carbocycles. The van der Waals surface area contributed by atoms with Gasteiger partial charge in [-0.25, -0.2) is 8.42 Å². The van der Waals surface area contributed by atoms with Crippen molar-refractivity contribution in [1.82, 2.24) is 14.5 Å². The molecule has 2 heterocycles. The highest BCUT2D eigenvalue weighted by molar-refractivity contribution is 7.89. The lowest BCUT2D eigenvalue weighted by molar-refractivity contribution is 0.0893. The zero-order chi connectivity index (χ0) is 22.3. The Labute approximate surface area is 180 Å². The Hall–Kier alpha value is -2.38. The van der Waals surface area contributed by atoms with E-state index in [0.29, 0.717) is 12.5 Å². The highest BCUT2D eigenvalue weighted by atomic mass is 32.2. The summed E-state index contributed by atoms with van der Waals surface area (Å²) in [4.78, 5) is 12.5. The van der Waals surface area contributed by atoms with Crippen molar-refractivity contribution in [2.45, 2.75) is 23.8 Å². The minimum Gasteiger partial charge on any atom is -0.405 e. The maximum Gasteiger partial charge on any atom is 0.322 e. The molecular weight excluding hydrogens is 428 g/mol. The number of ether oxygens (including phenoxy) is 3. The predicted molar refractivity (Wildman–Crippen MR) is 109 cm³/mol. The number of benzene rings is 1. The number of hydrogen-bond donors (Lipinski definition) is 1. The molecule has 1 aliphatic rings. The predicted octanol–water partition coefficient (Wildman–Crippen LogP) is 1.46. The molecule has 0 aliphatic carbocycles. The van der Waals surface area contributed by atoms with Gasteiger partial charge in [-0.1, -0.05) is 5.10 Å². The standard InChI is InChI=1S/C19H26N4O7S/c1-27-12-9-23(10-13-28-2)31(25,26)15-7-5-14(6-8-15)17(24)20-19-22-21-18(30-19)16-4-3-11-29-16/h5-8,16H,3-4,9-13H2,1-2H3,(H,20,22,24). The number of methoxy groups -OCH3 is 2. The van der Waals surface area contributed by atoms with E-state index in [1.54, 1.807) is 0 Å². The van der Waals surface area contributed by atoms with Gasteiger partial charge in [-0.05, 0) is 37.1 Å². The SMILES string of the molecule is COCCN(CCOC)S(=O)(=O)c1ccc(C(=O)Nc2nnc(C3CCCO3)o2)cc1. The van der Waals surface area contributed by atoms with Crippen molar-refractivity contribution in [2.24, 2.45) is 0 Å². The fourth-order valence-corrected chi connectivity index (χ4v) is 4.43. The molecule has 1 N–H and O–H groups in total. The number of nitrogens with one attached hydrogen (secondary N) is 1. The van der Waals surface area contributed by atoms with Crippen LogP contribution in [0, 0.1) is 0 Å². The highest BCUT2D eigenvalue weighted by Crippen LogP contribution is 2.28. The number of aromatic nitrogens is 2. The molecule has 0 bridgehead atoms. The third kappa shape index (κ3) is 5.86. The first-order valence-electron chi connectivity index (χ1n) is 9.80. The normalized spacial score (nSPS) is 16.7. The molecule has 3 rings (SSSR count). The van der Waals surface area contributed by atoms with Crippen LogP contribution in [-0.2, 0) is 24.2 Å². The second kappa shape index (κ2) is 10.8. The molecule has 1 aliphatic heterocycles. The molecule has 1 aromatic heterocycles. The summed E-state index contributed by atoms with van der Waals surface area (Å²) in [6.07, 6.45) is 1.46. The number of rotatable bonds is 11. The van der Waals surface area contributed by atoms with Gasteiger partial charge in [-0.2, -0.15) is 4.31 Å². The summed E-state index contributed by atoms with van der Waals surface area (Å²) in [5.74, 6) is -0.177. The minimum atomic E-state index is -3.77. The number of carbonyl (C=O) groups is 1. The van der Waals surface area contributed by atoms with Gasteiger partial charge in [0.2, 0.25) is 15.9 Å². The average Bonchev–Trinajstić information content (AvgIpc) is 3.46. The topological polar surface area (TPSA) is 133 Å². The van der Waals surface area contributed by atoms with Crippen LogP contribution in [0.15, 0.2) is 33.6 Å². The van der Waals surface area contributed by atoms with Crippen LogP contribution in [0.2, 0.25) is 0 Å². The quantitative estimate of drug-likeness (QED) is 0.535. The Balaban J connectivity index is 1.67. The highest BCUT2D eigenvalue weighted by Gasteiger charge is 2.26. The third-order valence-corrected chi connectivity index (χ3v) is 6.62. The molecule has 31 heavy (non-hydrogen) atoms. The molecule has 1 unspecified atom stereocenters. The van der Waals surface area contributed by atoms with Gasteiger partial charge in [0.1, 0.15) is 6.10 Å². The van der Waals surface area contributed by atoms with Gasteiger partial charge < -0.3 is 18.6 Å². The molecule has 12 heteroatoms. The lowest BCUT2D eigenvalue weighted by Crippen LogP contribution is -2.36. The summed E-state index contributed by atoms with van der Waals surface area (Å²) in [5.41, 5.74) is 0.246. The van der Waals surface area contributed by atoms with Crippen LogP contribution in [0.25, 0.3) is 0 Å². The van der Waals surface area contributed by atoms with Gasteiger partial charge in [-0.3, -0.25) is 10.1 Å². The number of carbonyl (C=O) groups excluding carboxylic acids is 1. The van der Waals surface area contributed by atoms with Gasteiger partial charge in [0.05, 0.1) is 18.1 Å². The summed E-state index contributed by atoms with van der Waals surface area (Å²) in [5, 5.41) is 10.2. The smallest absolute Gasteiger partial charge is 0.322 e. The molecule has 2 aromatic rings. The van der Waals surface area contributed by atoms with Crippen molar-refractivity contribution in [1.29, 1.82) is 0 Å². The minimum absolute atomic E-state index is 0.0440. The van der Waals surface area contributed by atoms with E-state index in [0.717, 1.165) is 12.8 Å². The Morgan fingerprint density at radius 3 is 2.42 bits per heavy atom. The first kappa shape index (κ1) is 23.3. The fraction of sp³-hybridized carbons (Fsp3) is 0.526. The molecule has 1 saturated heterocycles. The van der Waals surface area contributed by atoms with Gasteiger partial charge in [0.15, 0.2) is 0 Å². The van der Waals surface area contributed by atoms with Crippen LogP contribution in [-0.4, -0.2) is 76.0 Å². The van der Waals surface area contributed by atoms with Crippen molar-refractivity contribution >= 4 is 21.9 Å². The van der Waals surface area contributed by atoms with Crippen molar-refractivity contribution in [3.05, 3.63) is 35.7 Å². The van der Waals surface area contributed by atoms with E-state index < -0.39 is 15.9 Å². The number of anilines is 1. The second-order valence-electron chi connectivity index (χ2n) is 6.82. The zero-order valence-electron chi connectivity index (χ0n) is 17.4. The third-order valence-electron chi connectivity index (χ3n) is 4.71. The number of amides is 1. The van der Waals surface area contributed by atoms with Crippen molar-refractivity contribution < 1.29 is 31.8 Å². The molecule has 0 spiro atoms. The first-order valence-corrected chi connectivity index (χ1v) is 11.2. The monoisotopic (exact) mass is 454 g/mol. The average molecular weight is 455 g/mol. The maximum atomic E-state index is 12.9. The second-order valence-corrected chi connectivity index (χ2v) is 8.75. The molecule has 1 aromatic carbocycles. The lowest BCUT2D eigenvalue weighted by atomic mass is 10.2. The van der Waals surface area contributed by atoms with Crippen LogP contribution in [0.1, 0.15) is 35.2 Å². The molecule has 11 nitrogen and oxygen atoms in total. The molecule has 1 amide bonds. The number of hydrogen-bond acceptors (Lipinski definition) is 9.